The Labute approximate surface area is 199 Å². The molecule has 0 radical (unpaired) electrons. The summed E-state index contributed by atoms with van der Waals surface area (Å²) in [5, 5.41) is 7.33. The van der Waals surface area contributed by atoms with Gasteiger partial charge in [-0.3, -0.25) is 9.78 Å². The van der Waals surface area contributed by atoms with Crippen molar-refractivity contribution in [3.8, 4) is 0 Å². The molecular weight excluding hydrogens is 469 g/mol. The number of nitrogens with zero attached hydrogens (tertiary/aromatic N) is 1. The lowest BCUT2D eigenvalue weighted by Crippen LogP contribution is -2.20. The van der Waals surface area contributed by atoms with Crippen LogP contribution in [0.15, 0.2) is 54.7 Å². The van der Waals surface area contributed by atoms with Gasteiger partial charge >= 0.3 is 12.2 Å². The van der Waals surface area contributed by atoms with Gasteiger partial charge in [-0.05, 0) is 67.3 Å². The normalized spacial score (nSPS) is 11.1. The van der Waals surface area contributed by atoms with Gasteiger partial charge in [0.15, 0.2) is 0 Å². The largest absolute Gasteiger partial charge is 0.417 e. The number of benzene rings is 2. The number of hydrogen-bond acceptors (Lipinski definition) is 3. The second kappa shape index (κ2) is 10.6. The third kappa shape index (κ3) is 6.71. The molecule has 3 amide bonds. The van der Waals surface area contributed by atoms with Crippen LogP contribution in [-0.2, 0) is 23.8 Å². The van der Waals surface area contributed by atoms with Crippen molar-refractivity contribution in [2.75, 3.05) is 16.0 Å². The number of amides is 3. The van der Waals surface area contributed by atoms with E-state index in [0.29, 0.717) is 24.2 Å². The predicted octanol–water partition coefficient (Wildman–Crippen LogP) is 6.45. The standard InChI is InChI=1S/C24H22ClF3N4O2/c1-14-22(30-15(2)33)17(11-12-29-14)6-3-16-4-7-18(8-5-16)31-23(34)32-19-9-10-21(25)20(13-19)24(26,27)28/h4-5,7-13H,3,6H2,1-2H3,(H,30,33)(H2,31,32,34). The van der Waals surface area contributed by atoms with Crippen molar-refractivity contribution >= 4 is 40.6 Å². The van der Waals surface area contributed by atoms with Crippen LogP contribution in [-0.4, -0.2) is 16.9 Å². The Balaban J connectivity index is 1.60. The van der Waals surface area contributed by atoms with Crippen molar-refractivity contribution in [3.05, 3.63) is 82.1 Å². The molecule has 2 aromatic carbocycles. The number of carbonyl (C=O) groups is 2. The van der Waals surface area contributed by atoms with Crippen molar-refractivity contribution in [2.24, 2.45) is 0 Å². The Bertz CT molecular complexity index is 1200. The van der Waals surface area contributed by atoms with E-state index >= 15 is 0 Å². The van der Waals surface area contributed by atoms with Gasteiger partial charge in [-0.1, -0.05) is 23.7 Å². The van der Waals surface area contributed by atoms with E-state index in [4.69, 9.17) is 11.6 Å². The highest BCUT2D eigenvalue weighted by Gasteiger charge is 2.33. The van der Waals surface area contributed by atoms with Crippen molar-refractivity contribution < 1.29 is 22.8 Å². The Kier molecular flexibility index (Phi) is 7.78. The Morgan fingerprint density at radius 1 is 0.941 bits per heavy atom. The summed E-state index contributed by atoms with van der Waals surface area (Å²) >= 11 is 5.60. The summed E-state index contributed by atoms with van der Waals surface area (Å²) in [5.41, 5.74) is 2.83. The molecule has 0 bridgehead atoms. The third-order valence-electron chi connectivity index (χ3n) is 4.95. The number of rotatable bonds is 6. The summed E-state index contributed by atoms with van der Waals surface area (Å²) in [6.45, 7) is 3.27. The lowest BCUT2D eigenvalue weighted by Gasteiger charge is -2.13. The zero-order chi connectivity index (χ0) is 24.9. The topological polar surface area (TPSA) is 83.1 Å². The monoisotopic (exact) mass is 490 g/mol. The molecule has 0 saturated carbocycles. The van der Waals surface area contributed by atoms with E-state index in [1.807, 2.05) is 25.1 Å². The van der Waals surface area contributed by atoms with Crippen molar-refractivity contribution in [3.63, 3.8) is 0 Å². The lowest BCUT2D eigenvalue weighted by atomic mass is 10.0. The molecule has 1 heterocycles. The molecular formula is C24H22ClF3N4O2. The number of hydrogen-bond donors (Lipinski definition) is 3. The number of nitrogens with one attached hydrogen (secondary N) is 3. The van der Waals surface area contributed by atoms with E-state index in [0.717, 1.165) is 29.0 Å². The quantitative estimate of drug-likeness (QED) is 0.371. The Morgan fingerprint density at radius 3 is 2.24 bits per heavy atom. The number of aromatic nitrogens is 1. The molecule has 3 N–H and O–H groups in total. The summed E-state index contributed by atoms with van der Waals surface area (Å²) in [4.78, 5) is 27.9. The summed E-state index contributed by atoms with van der Waals surface area (Å²) in [7, 11) is 0. The molecule has 34 heavy (non-hydrogen) atoms. The van der Waals surface area contributed by atoms with Crippen LogP contribution in [0.1, 0.15) is 29.3 Å². The molecule has 0 spiro atoms. The zero-order valence-corrected chi connectivity index (χ0v) is 19.1. The van der Waals surface area contributed by atoms with E-state index in [1.54, 1.807) is 18.3 Å². The lowest BCUT2D eigenvalue weighted by molar-refractivity contribution is -0.137. The first-order chi connectivity index (χ1) is 16.0. The first-order valence-corrected chi connectivity index (χ1v) is 10.7. The Hall–Kier alpha value is -3.59. The highest BCUT2D eigenvalue weighted by Crippen LogP contribution is 2.36. The van der Waals surface area contributed by atoms with Gasteiger partial charge in [0.05, 0.1) is 22.0 Å². The smallest absolute Gasteiger partial charge is 0.325 e. The number of aryl methyl sites for hydroxylation is 3. The van der Waals surface area contributed by atoms with Crippen LogP contribution >= 0.6 is 11.6 Å². The molecule has 178 valence electrons. The molecule has 0 aliphatic rings. The predicted molar refractivity (Wildman–Crippen MR) is 126 cm³/mol. The van der Waals surface area contributed by atoms with E-state index in [2.05, 4.69) is 20.9 Å². The number of urea groups is 1. The molecule has 0 atom stereocenters. The van der Waals surface area contributed by atoms with Crippen LogP contribution in [0.4, 0.5) is 35.0 Å². The van der Waals surface area contributed by atoms with Gasteiger partial charge in [-0.25, -0.2) is 4.79 Å². The maximum atomic E-state index is 13.0. The molecule has 0 unspecified atom stereocenters. The highest BCUT2D eigenvalue weighted by atomic mass is 35.5. The van der Waals surface area contributed by atoms with Crippen LogP contribution < -0.4 is 16.0 Å². The molecule has 3 aromatic rings. The van der Waals surface area contributed by atoms with Crippen molar-refractivity contribution in [1.29, 1.82) is 0 Å². The molecule has 0 aliphatic carbocycles. The maximum absolute atomic E-state index is 13.0. The fraction of sp³-hybridized carbons (Fsp3) is 0.208. The number of halogens is 4. The van der Waals surface area contributed by atoms with Gasteiger partial charge in [0, 0.05) is 24.5 Å². The average Bonchev–Trinajstić information content (AvgIpc) is 2.75. The van der Waals surface area contributed by atoms with Crippen LogP contribution in [0.25, 0.3) is 0 Å². The molecule has 10 heteroatoms. The fourth-order valence-electron chi connectivity index (χ4n) is 3.32. The number of anilines is 3. The van der Waals surface area contributed by atoms with Crippen LogP contribution in [0.3, 0.4) is 0 Å². The third-order valence-corrected chi connectivity index (χ3v) is 5.28. The molecule has 0 saturated heterocycles. The number of carbonyl (C=O) groups excluding carboxylic acids is 2. The van der Waals surface area contributed by atoms with Gasteiger partial charge in [-0.2, -0.15) is 13.2 Å². The second-order valence-electron chi connectivity index (χ2n) is 7.58. The molecule has 0 fully saturated rings. The summed E-state index contributed by atoms with van der Waals surface area (Å²) in [6, 6.07) is 11.4. The van der Waals surface area contributed by atoms with E-state index < -0.39 is 22.8 Å². The fourth-order valence-corrected chi connectivity index (χ4v) is 3.55. The van der Waals surface area contributed by atoms with Gasteiger partial charge in [0.1, 0.15) is 0 Å². The SMILES string of the molecule is CC(=O)Nc1c(CCc2ccc(NC(=O)Nc3ccc(Cl)c(C(F)(F)F)c3)cc2)ccnc1C. The van der Waals surface area contributed by atoms with E-state index in [1.165, 1.54) is 13.0 Å². The zero-order valence-electron chi connectivity index (χ0n) is 18.4. The molecule has 6 nitrogen and oxygen atoms in total. The molecule has 3 rings (SSSR count). The maximum Gasteiger partial charge on any atom is 0.417 e. The average molecular weight is 491 g/mol. The van der Waals surface area contributed by atoms with Gasteiger partial charge in [0.2, 0.25) is 5.91 Å². The first-order valence-electron chi connectivity index (χ1n) is 10.3. The van der Waals surface area contributed by atoms with Crippen molar-refractivity contribution in [2.45, 2.75) is 32.9 Å². The minimum absolute atomic E-state index is 0.0338. The van der Waals surface area contributed by atoms with E-state index in [-0.39, 0.29) is 11.6 Å². The molecule has 0 aliphatic heterocycles. The van der Waals surface area contributed by atoms with E-state index in [9.17, 15) is 22.8 Å². The van der Waals surface area contributed by atoms with Gasteiger partial charge in [-0.15, -0.1) is 0 Å². The Morgan fingerprint density at radius 2 is 1.59 bits per heavy atom. The minimum Gasteiger partial charge on any atom is -0.325 e. The van der Waals surface area contributed by atoms with Gasteiger partial charge in [0.25, 0.3) is 0 Å². The first kappa shape index (κ1) is 25.0. The summed E-state index contributed by atoms with van der Waals surface area (Å²) in [6.07, 6.45) is -1.57. The number of pyridine rings is 1. The second-order valence-corrected chi connectivity index (χ2v) is 7.99. The van der Waals surface area contributed by atoms with Crippen molar-refractivity contribution in [1.82, 2.24) is 4.98 Å². The van der Waals surface area contributed by atoms with Crippen LogP contribution in [0.5, 0.6) is 0 Å². The van der Waals surface area contributed by atoms with Crippen LogP contribution in [0.2, 0.25) is 5.02 Å². The van der Waals surface area contributed by atoms with Crippen LogP contribution in [0, 0.1) is 6.92 Å². The molecule has 1 aromatic heterocycles. The summed E-state index contributed by atoms with van der Waals surface area (Å²) < 4.78 is 39.0. The minimum atomic E-state index is -4.63. The highest BCUT2D eigenvalue weighted by molar-refractivity contribution is 6.31. The number of alkyl halides is 3. The van der Waals surface area contributed by atoms with Gasteiger partial charge < -0.3 is 16.0 Å². The summed E-state index contributed by atoms with van der Waals surface area (Å²) in [5.74, 6) is -0.167.